The number of aryl methyl sites for hydroxylation is 1. The van der Waals surface area contributed by atoms with Crippen LogP contribution in [0.2, 0.25) is 0 Å². The van der Waals surface area contributed by atoms with Crippen LogP contribution in [0.25, 0.3) is 0 Å². The fourth-order valence-electron chi connectivity index (χ4n) is 1.40. The Kier molecular flexibility index (Phi) is 3.00. The molecule has 4 heteroatoms. The molecule has 2 N–H and O–H groups in total. The second kappa shape index (κ2) is 4.61. The van der Waals surface area contributed by atoms with Crippen LogP contribution >= 0.6 is 0 Å². The standard InChI is InChI=1S/C12H13N3O/c1-9-13-7-6-12(15-9)14-8-10-4-2-3-5-11(10)16/h2-7,16H,8H2,1H3,(H,13,14,15). The molecular formula is C12H13N3O. The zero-order valence-corrected chi connectivity index (χ0v) is 9.01. The summed E-state index contributed by atoms with van der Waals surface area (Å²) in [6, 6.07) is 9.03. The number of aromatic nitrogens is 2. The molecule has 2 aromatic rings. The molecule has 0 amide bonds. The number of phenolic OH excluding ortho intramolecular Hbond substituents is 1. The number of hydrogen-bond acceptors (Lipinski definition) is 4. The van der Waals surface area contributed by atoms with E-state index in [-0.39, 0.29) is 0 Å². The maximum atomic E-state index is 9.57. The van der Waals surface area contributed by atoms with Crippen molar-refractivity contribution >= 4 is 5.82 Å². The highest BCUT2D eigenvalue weighted by Gasteiger charge is 2.00. The number of nitrogens with one attached hydrogen (secondary N) is 1. The summed E-state index contributed by atoms with van der Waals surface area (Å²) in [7, 11) is 0. The van der Waals surface area contributed by atoms with Crippen molar-refractivity contribution in [2.75, 3.05) is 5.32 Å². The number of anilines is 1. The van der Waals surface area contributed by atoms with Crippen molar-refractivity contribution < 1.29 is 5.11 Å². The van der Waals surface area contributed by atoms with Crippen LogP contribution in [0.5, 0.6) is 5.75 Å². The Morgan fingerprint density at radius 1 is 1.25 bits per heavy atom. The highest BCUT2D eigenvalue weighted by Crippen LogP contribution is 2.16. The van der Waals surface area contributed by atoms with Gasteiger partial charge in [0.25, 0.3) is 0 Å². The molecule has 0 aliphatic carbocycles. The van der Waals surface area contributed by atoms with E-state index >= 15 is 0 Å². The van der Waals surface area contributed by atoms with E-state index in [0.717, 1.165) is 17.2 Å². The van der Waals surface area contributed by atoms with Crippen LogP contribution in [0.1, 0.15) is 11.4 Å². The molecule has 0 aliphatic heterocycles. The summed E-state index contributed by atoms with van der Waals surface area (Å²) in [5.74, 6) is 1.78. The molecule has 2 rings (SSSR count). The van der Waals surface area contributed by atoms with E-state index in [0.29, 0.717) is 12.3 Å². The van der Waals surface area contributed by atoms with Crippen LogP contribution in [-0.4, -0.2) is 15.1 Å². The van der Waals surface area contributed by atoms with Gasteiger partial charge in [0.15, 0.2) is 0 Å². The number of phenols is 1. The third-order valence-corrected chi connectivity index (χ3v) is 2.23. The molecule has 0 atom stereocenters. The fourth-order valence-corrected chi connectivity index (χ4v) is 1.40. The van der Waals surface area contributed by atoms with Crippen LogP contribution in [-0.2, 0) is 6.54 Å². The molecule has 0 unspecified atom stereocenters. The van der Waals surface area contributed by atoms with Gasteiger partial charge in [-0.15, -0.1) is 0 Å². The van der Waals surface area contributed by atoms with Crippen LogP contribution in [0.4, 0.5) is 5.82 Å². The largest absolute Gasteiger partial charge is 0.508 e. The Hall–Kier alpha value is -2.10. The SMILES string of the molecule is Cc1nccc(NCc2ccccc2O)n1. The number of nitrogens with zero attached hydrogens (tertiary/aromatic N) is 2. The molecule has 0 saturated heterocycles. The van der Waals surface area contributed by atoms with Gasteiger partial charge in [0.2, 0.25) is 0 Å². The van der Waals surface area contributed by atoms with E-state index in [1.807, 2.05) is 19.1 Å². The number of benzene rings is 1. The third-order valence-electron chi connectivity index (χ3n) is 2.23. The van der Waals surface area contributed by atoms with E-state index in [2.05, 4.69) is 15.3 Å². The summed E-state index contributed by atoms with van der Waals surface area (Å²) in [5, 5.41) is 12.7. The van der Waals surface area contributed by atoms with Gasteiger partial charge in [-0.2, -0.15) is 0 Å². The normalized spacial score (nSPS) is 10.1. The zero-order valence-electron chi connectivity index (χ0n) is 9.01. The van der Waals surface area contributed by atoms with Gasteiger partial charge in [0, 0.05) is 18.3 Å². The molecule has 0 radical (unpaired) electrons. The van der Waals surface area contributed by atoms with Crippen molar-refractivity contribution in [1.29, 1.82) is 0 Å². The van der Waals surface area contributed by atoms with Crippen molar-refractivity contribution in [2.45, 2.75) is 13.5 Å². The lowest BCUT2D eigenvalue weighted by Crippen LogP contribution is -2.02. The Morgan fingerprint density at radius 2 is 2.06 bits per heavy atom. The number of hydrogen-bond donors (Lipinski definition) is 2. The number of para-hydroxylation sites is 1. The van der Waals surface area contributed by atoms with Crippen molar-refractivity contribution in [3.8, 4) is 5.75 Å². The summed E-state index contributed by atoms with van der Waals surface area (Å²) in [5.41, 5.74) is 0.846. The lowest BCUT2D eigenvalue weighted by atomic mass is 10.2. The first-order valence-corrected chi connectivity index (χ1v) is 5.06. The molecule has 0 saturated carbocycles. The molecule has 0 fully saturated rings. The van der Waals surface area contributed by atoms with Crippen molar-refractivity contribution in [1.82, 2.24) is 9.97 Å². The van der Waals surface area contributed by atoms with E-state index in [4.69, 9.17) is 0 Å². The van der Waals surface area contributed by atoms with Gasteiger partial charge in [-0.3, -0.25) is 0 Å². The van der Waals surface area contributed by atoms with E-state index in [1.54, 1.807) is 24.4 Å². The smallest absolute Gasteiger partial charge is 0.129 e. The second-order valence-corrected chi connectivity index (χ2v) is 3.47. The minimum absolute atomic E-state index is 0.292. The minimum Gasteiger partial charge on any atom is -0.508 e. The Labute approximate surface area is 94.0 Å². The molecule has 82 valence electrons. The maximum Gasteiger partial charge on any atom is 0.129 e. The lowest BCUT2D eigenvalue weighted by Gasteiger charge is -2.07. The van der Waals surface area contributed by atoms with Crippen LogP contribution in [0.15, 0.2) is 36.5 Å². The first-order valence-electron chi connectivity index (χ1n) is 5.06. The van der Waals surface area contributed by atoms with Gasteiger partial charge in [-0.25, -0.2) is 9.97 Å². The van der Waals surface area contributed by atoms with Gasteiger partial charge in [-0.05, 0) is 19.1 Å². The minimum atomic E-state index is 0.292. The van der Waals surface area contributed by atoms with Crippen molar-refractivity contribution in [3.05, 3.63) is 47.9 Å². The summed E-state index contributed by atoms with van der Waals surface area (Å²) in [6.45, 7) is 2.38. The monoisotopic (exact) mass is 215 g/mol. The average molecular weight is 215 g/mol. The van der Waals surface area contributed by atoms with E-state index < -0.39 is 0 Å². The van der Waals surface area contributed by atoms with Crippen LogP contribution < -0.4 is 5.32 Å². The lowest BCUT2D eigenvalue weighted by molar-refractivity contribution is 0.469. The van der Waals surface area contributed by atoms with Gasteiger partial charge in [-0.1, -0.05) is 18.2 Å². The van der Waals surface area contributed by atoms with Crippen molar-refractivity contribution in [2.24, 2.45) is 0 Å². The molecule has 0 spiro atoms. The maximum absolute atomic E-state index is 9.57. The van der Waals surface area contributed by atoms with E-state index in [9.17, 15) is 5.11 Å². The molecule has 0 bridgehead atoms. The second-order valence-electron chi connectivity index (χ2n) is 3.47. The van der Waals surface area contributed by atoms with Gasteiger partial charge in [0.05, 0.1) is 0 Å². The first kappa shape index (κ1) is 10.4. The summed E-state index contributed by atoms with van der Waals surface area (Å²) in [6.07, 6.45) is 1.70. The molecular weight excluding hydrogens is 202 g/mol. The molecule has 0 aliphatic rings. The van der Waals surface area contributed by atoms with Gasteiger partial charge in [0.1, 0.15) is 17.4 Å². The van der Waals surface area contributed by atoms with Gasteiger partial charge >= 0.3 is 0 Å². The van der Waals surface area contributed by atoms with E-state index in [1.165, 1.54) is 0 Å². The topological polar surface area (TPSA) is 58.0 Å². The average Bonchev–Trinajstić information content (AvgIpc) is 2.28. The summed E-state index contributed by atoms with van der Waals surface area (Å²) >= 11 is 0. The molecule has 1 heterocycles. The fraction of sp³-hybridized carbons (Fsp3) is 0.167. The van der Waals surface area contributed by atoms with Gasteiger partial charge < -0.3 is 10.4 Å². The highest BCUT2D eigenvalue weighted by molar-refractivity contribution is 5.38. The molecule has 1 aromatic heterocycles. The Balaban J connectivity index is 2.05. The number of rotatable bonds is 3. The van der Waals surface area contributed by atoms with Crippen LogP contribution in [0.3, 0.4) is 0 Å². The summed E-state index contributed by atoms with van der Waals surface area (Å²) in [4.78, 5) is 8.23. The third kappa shape index (κ3) is 2.48. The predicted molar refractivity (Wildman–Crippen MR) is 62.2 cm³/mol. The molecule has 4 nitrogen and oxygen atoms in total. The predicted octanol–water partition coefficient (Wildman–Crippen LogP) is 2.10. The Morgan fingerprint density at radius 3 is 2.81 bits per heavy atom. The highest BCUT2D eigenvalue weighted by atomic mass is 16.3. The summed E-state index contributed by atoms with van der Waals surface area (Å²) < 4.78 is 0. The molecule has 16 heavy (non-hydrogen) atoms. The zero-order chi connectivity index (χ0) is 11.4. The Bertz CT molecular complexity index is 485. The van der Waals surface area contributed by atoms with Crippen LogP contribution in [0, 0.1) is 6.92 Å². The number of aromatic hydroxyl groups is 1. The molecule has 1 aromatic carbocycles. The quantitative estimate of drug-likeness (QED) is 0.823. The first-order chi connectivity index (χ1) is 7.75. The van der Waals surface area contributed by atoms with Crippen molar-refractivity contribution in [3.63, 3.8) is 0 Å².